The maximum absolute atomic E-state index is 9.85. The van der Waals surface area contributed by atoms with Crippen molar-refractivity contribution in [3.05, 3.63) is 0 Å². The van der Waals surface area contributed by atoms with Gasteiger partial charge in [0.15, 0.2) is 6.29 Å². The van der Waals surface area contributed by atoms with Gasteiger partial charge >= 0.3 is 0 Å². The van der Waals surface area contributed by atoms with E-state index < -0.39 is 6.29 Å². The molecule has 3 nitrogen and oxygen atoms in total. The van der Waals surface area contributed by atoms with Gasteiger partial charge in [0, 0.05) is 0 Å². The van der Waals surface area contributed by atoms with Crippen LogP contribution in [-0.4, -0.2) is 27.7 Å². The number of hydrogen-bond acceptors (Lipinski definition) is 3. The maximum Gasteiger partial charge on any atom is 0.151 e. The first-order chi connectivity index (χ1) is 10.2. The average molecular weight is 302 g/mol. The van der Waals surface area contributed by atoms with Crippen molar-refractivity contribution in [2.24, 2.45) is 0 Å². The highest BCUT2D eigenvalue weighted by atomic mass is 16.5. The number of aliphatic hydroxyl groups is 3. The van der Waals surface area contributed by atoms with Gasteiger partial charge in [-0.3, -0.25) is 0 Å². The molecule has 0 spiro atoms. The highest BCUT2D eigenvalue weighted by Gasteiger charge is 2.03. The minimum atomic E-state index is -1.13. The number of hydrogen-bond donors (Lipinski definition) is 3. The first-order valence-electron chi connectivity index (χ1n) is 9.21. The Morgan fingerprint density at radius 1 is 0.524 bits per heavy atom. The van der Waals surface area contributed by atoms with E-state index in [0.29, 0.717) is 6.42 Å². The molecule has 0 heterocycles. The molecule has 0 aromatic carbocycles. The van der Waals surface area contributed by atoms with Crippen molar-refractivity contribution in [1.29, 1.82) is 0 Å². The second kappa shape index (κ2) is 16.3. The van der Waals surface area contributed by atoms with Crippen LogP contribution < -0.4 is 0 Å². The van der Waals surface area contributed by atoms with Crippen molar-refractivity contribution in [3.8, 4) is 0 Å². The molecule has 0 fully saturated rings. The molecule has 128 valence electrons. The first-order valence-corrected chi connectivity index (χ1v) is 9.21. The predicted octanol–water partition coefficient (Wildman–Crippen LogP) is 4.53. The SMILES string of the molecule is CCCCCCC(O)CCCCCCCCCCC(O)O. The summed E-state index contributed by atoms with van der Waals surface area (Å²) >= 11 is 0. The molecule has 1 unspecified atom stereocenters. The summed E-state index contributed by atoms with van der Waals surface area (Å²) in [4.78, 5) is 0. The van der Waals surface area contributed by atoms with E-state index in [2.05, 4.69) is 6.92 Å². The molecule has 0 radical (unpaired) electrons. The van der Waals surface area contributed by atoms with E-state index in [4.69, 9.17) is 10.2 Å². The Morgan fingerprint density at radius 2 is 0.905 bits per heavy atom. The molecule has 0 bridgehead atoms. The van der Waals surface area contributed by atoms with Crippen molar-refractivity contribution in [2.75, 3.05) is 0 Å². The van der Waals surface area contributed by atoms with E-state index in [1.807, 2.05) is 0 Å². The van der Waals surface area contributed by atoms with Gasteiger partial charge in [0.1, 0.15) is 0 Å². The molecule has 3 heteroatoms. The molecule has 0 aliphatic rings. The van der Waals surface area contributed by atoms with Gasteiger partial charge < -0.3 is 15.3 Å². The van der Waals surface area contributed by atoms with E-state index in [-0.39, 0.29) is 6.10 Å². The largest absolute Gasteiger partial charge is 0.393 e. The van der Waals surface area contributed by atoms with Gasteiger partial charge in [0.05, 0.1) is 6.10 Å². The Bertz CT molecular complexity index is 195. The van der Waals surface area contributed by atoms with Crippen molar-refractivity contribution in [3.63, 3.8) is 0 Å². The molecule has 0 saturated heterocycles. The van der Waals surface area contributed by atoms with Crippen LogP contribution in [0.15, 0.2) is 0 Å². The van der Waals surface area contributed by atoms with Crippen LogP contribution in [0.3, 0.4) is 0 Å². The van der Waals surface area contributed by atoms with Crippen molar-refractivity contribution < 1.29 is 15.3 Å². The number of unbranched alkanes of at least 4 members (excludes halogenated alkanes) is 10. The Balaban J connectivity index is 3.10. The van der Waals surface area contributed by atoms with Gasteiger partial charge in [-0.25, -0.2) is 0 Å². The molecular formula is C18H38O3. The van der Waals surface area contributed by atoms with Gasteiger partial charge in [0.25, 0.3) is 0 Å². The molecule has 1 atom stereocenters. The minimum absolute atomic E-state index is 0.0771. The Labute approximate surface area is 131 Å². The zero-order valence-electron chi connectivity index (χ0n) is 14.1. The lowest BCUT2D eigenvalue weighted by atomic mass is 10.0. The van der Waals surface area contributed by atoms with Crippen LogP contribution in [0, 0.1) is 0 Å². The Kier molecular flexibility index (Phi) is 16.2. The zero-order chi connectivity index (χ0) is 15.8. The molecule has 0 saturated carbocycles. The third kappa shape index (κ3) is 17.8. The van der Waals surface area contributed by atoms with Crippen LogP contribution in [0.25, 0.3) is 0 Å². The van der Waals surface area contributed by atoms with Crippen LogP contribution in [0.4, 0.5) is 0 Å². The summed E-state index contributed by atoms with van der Waals surface area (Å²) in [5, 5.41) is 27.3. The zero-order valence-corrected chi connectivity index (χ0v) is 14.1. The molecule has 3 N–H and O–H groups in total. The molecular weight excluding hydrogens is 264 g/mol. The summed E-state index contributed by atoms with van der Waals surface area (Å²) in [6.45, 7) is 2.21. The predicted molar refractivity (Wildman–Crippen MR) is 89.2 cm³/mol. The molecule has 0 aliphatic carbocycles. The van der Waals surface area contributed by atoms with Crippen LogP contribution in [0.5, 0.6) is 0 Å². The second-order valence-electron chi connectivity index (χ2n) is 6.39. The molecule has 0 aromatic heterocycles. The summed E-state index contributed by atoms with van der Waals surface area (Å²) in [6.07, 6.45) is 15.7. The third-order valence-electron chi connectivity index (χ3n) is 4.14. The maximum atomic E-state index is 9.85. The smallest absolute Gasteiger partial charge is 0.151 e. The minimum Gasteiger partial charge on any atom is -0.393 e. The molecule has 21 heavy (non-hydrogen) atoms. The summed E-state index contributed by atoms with van der Waals surface area (Å²) in [6, 6.07) is 0. The van der Waals surface area contributed by atoms with E-state index in [1.165, 1.54) is 57.8 Å². The first kappa shape index (κ1) is 20.9. The van der Waals surface area contributed by atoms with E-state index in [1.54, 1.807) is 0 Å². The highest BCUT2D eigenvalue weighted by Crippen LogP contribution is 2.14. The highest BCUT2D eigenvalue weighted by molar-refractivity contribution is 4.57. The monoisotopic (exact) mass is 302 g/mol. The second-order valence-corrected chi connectivity index (χ2v) is 6.39. The summed E-state index contributed by atoms with van der Waals surface area (Å²) in [5.41, 5.74) is 0. The number of rotatable bonds is 16. The van der Waals surface area contributed by atoms with Gasteiger partial charge in [-0.2, -0.15) is 0 Å². The Morgan fingerprint density at radius 3 is 1.33 bits per heavy atom. The van der Waals surface area contributed by atoms with Crippen molar-refractivity contribution in [1.82, 2.24) is 0 Å². The van der Waals surface area contributed by atoms with Crippen molar-refractivity contribution >= 4 is 0 Å². The quantitative estimate of drug-likeness (QED) is 0.290. The van der Waals surface area contributed by atoms with Gasteiger partial charge in [-0.05, 0) is 25.7 Å². The van der Waals surface area contributed by atoms with Crippen LogP contribution in [-0.2, 0) is 0 Å². The summed E-state index contributed by atoms with van der Waals surface area (Å²) < 4.78 is 0. The normalized spacial score (nSPS) is 13.0. The van der Waals surface area contributed by atoms with Gasteiger partial charge in [-0.1, -0.05) is 77.6 Å². The van der Waals surface area contributed by atoms with Gasteiger partial charge in [0.2, 0.25) is 0 Å². The summed E-state index contributed by atoms with van der Waals surface area (Å²) in [7, 11) is 0. The van der Waals surface area contributed by atoms with Gasteiger partial charge in [-0.15, -0.1) is 0 Å². The number of aliphatic hydroxyl groups excluding tert-OH is 2. The lowest BCUT2D eigenvalue weighted by molar-refractivity contribution is -0.0466. The third-order valence-corrected chi connectivity index (χ3v) is 4.14. The average Bonchev–Trinajstić information content (AvgIpc) is 2.45. The van der Waals surface area contributed by atoms with E-state index in [0.717, 1.165) is 32.1 Å². The topological polar surface area (TPSA) is 60.7 Å². The molecule has 0 amide bonds. The van der Waals surface area contributed by atoms with Crippen LogP contribution in [0.1, 0.15) is 103 Å². The van der Waals surface area contributed by atoms with Crippen molar-refractivity contribution in [2.45, 2.75) is 116 Å². The standard InChI is InChI=1S/C18H38O3/c1-2-3-4-11-14-17(19)15-12-9-7-5-6-8-10-13-16-18(20)21/h17-21H,2-16H2,1H3. The fraction of sp³-hybridized carbons (Fsp3) is 1.00. The Hall–Kier alpha value is -0.120. The summed E-state index contributed by atoms with van der Waals surface area (Å²) in [5.74, 6) is 0. The van der Waals surface area contributed by atoms with Crippen LogP contribution in [0.2, 0.25) is 0 Å². The van der Waals surface area contributed by atoms with E-state index in [9.17, 15) is 5.11 Å². The molecule has 0 aromatic rings. The van der Waals surface area contributed by atoms with Crippen LogP contribution >= 0.6 is 0 Å². The lowest BCUT2D eigenvalue weighted by Crippen LogP contribution is -2.05. The lowest BCUT2D eigenvalue weighted by Gasteiger charge is -2.10. The molecule has 0 rings (SSSR count). The fourth-order valence-corrected chi connectivity index (χ4v) is 2.72. The fourth-order valence-electron chi connectivity index (χ4n) is 2.72. The van der Waals surface area contributed by atoms with E-state index >= 15 is 0 Å². The molecule has 0 aliphatic heterocycles.